The third-order valence-electron chi connectivity index (χ3n) is 2.87. The van der Waals surface area contributed by atoms with E-state index in [1.165, 1.54) is 0 Å². The maximum Gasteiger partial charge on any atom is 0.319 e. The van der Waals surface area contributed by atoms with Gasteiger partial charge in [0.15, 0.2) is 4.77 Å². The summed E-state index contributed by atoms with van der Waals surface area (Å²) in [6, 6.07) is 3.43. The van der Waals surface area contributed by atoms with E-state index < -0.39 is 0 Å². The maximum atomic E-state index is 11.7. The summed E-state index contributed by atoms with van der Waals surface area (Å²) in [4.78, 5) is 15.6. The highest BCUT2D eigenvalue weighted by Gasteiger charge is 2.09. The SMILES string of the molecule is CC(C)n1c(CCNC(=O)Nc2ccncc2)n[nH]c1=S. The van der Waals surface area contributed by atoms with Gasteiger partial charge in [-0.1, -0.05) is 0 Å². The van der Waals surface area contributed by atoms with Crippen LogP contribution in [0.3, 0.4) is 0 Å². The van der Waals surface area contributed by atoms with Crippen molar-refractivity contribution in [2.45, 2.75) is 26.3 Å². The highest BCUT2D eigenvalue weighted by molar-refractivity contribution is 7.71. The number of rotatable bonds is 5. The molecule has 0 bridgehead atoms. The molecule has 0 aliphatic carbocycles. The third-order valence-corrected chi connectivity index (χ3v) is 3.15. The lowest BCUT2D eigenvalue weighted by Gasteiger charge is -2.11. The van der Waals surface area contributed by atoms with Crippen LogP contribution in [0.4, 0.5) is 10.5 Å². The normalized spacial score (nSPS) is 10.6. The maximum absolute atomic E-state index is 11.7. The molecule has 0 aliphatic rings. The van der Waals surface area contributed by atoms with Crippen molar-refractivity contribution in [2.24, 2.45) is 0 Å². The Morgan fingerprint density at radius 2 is 2.14 bits per heavy atom. The first-order valence-corrected chi connectivity index (χ1v) is 7.09. The monoisotopic (exact) mass is 306 g/mol. The Kier molecular flexibility index (Phi) is 5.04. The molecule has 0 saturated heterocycles. The quantitative estimate of drug-likeness (QED) is 0.740. The summed E-state index contributed by atoms with van der Waals surface area (Å²) < 4.78 is 2.54. The smallest absolute Gasteiger partial charge is 0.319 e. The van der Waals surface area contributed by atoms with Crippen molar-refractivity contribution in [2.75, 3.05) is 11.9 Å². The number of pyridine rings is 1. The number of hydrogen-bond donors (Lipinski definition) is 3. The summed E-state index contributed by atoms with van der Waals surface area (Å²) in [6.45, 7) is 4.56. The number of amides is 2. The molecule has 8 heteroatoms. The third kappa shape index (κ3) is 4.12. The predicted molar refractivity (Wildman–Crippen MR) is 82.8 cm³/mol. The molecule has 0 unspecified atom stereocenters. The van der Waals surface area contributed by atoms with E-state index in [1.807, 2.05) is 18.4 Å². The number of hydrogen-bond acceptors (Lipinski definition) is 4. The Bertz CT molecular complexity index is 648. The summed E-state index contributed by atoms with van der Waals surface area (Å²) in [5.74, 6) is 0.833. The fourth-order valence-corrected chi connectivity index (χ4v) is 2.31. The zero-order valence-electron chi connectivity index (χ0n) is 12.0. The van der Waals surface area contributed by atoms with Crippen molar-refractivity contribution in [3.05, 3.63) is 35.1 Å². The van der Waals surface area contributed by atoms with Gasteiger partial charge in [-0.25, -0.2) is 4.79 Å². The van der Waals surface area contributed by atoms with Gasteiger partial charge in [0.1, 0.15) is 5.82 Å². The molecule has 2 amide bonds. The van der Waals surface area contributed by atoms with Crippen LogP contribution in [0.5, 0.6) is 0 Å². The molecule has 2 heterocycles. The van der Waals surface area contributed by atoms with Crippen molar-refractivity contribution in [3.63, 3.8) is 0 Å². The Morgan fingerprint density at radius 3 is 2.81 bits per heavy atom. The molecule has 0 aromatic carbocycles. The van der Waals surface area contributed by atoms with Gasteiger partial charge in [-0.3, -0.25) is 10.1 Å². The second kappa shape index (κ2) is 6.98. The second-order valence-electron chi connectivity index (χ2n) is 4.78. The van der Waals surface area contributed by atoms with Crippen LogP contribution in [-0.2, 0) is 6.42 Å². The first-order valence-electron chi connectivity index (χ1n) is 6.68. The van der Waals surface area contributed by atoms with Crippen molar-refractivity contribution < 1.29 is 4.79 Å². The minimum Gasteiger partial charge on any atom is -0.337 e. The fraction of sp³-hybridized carbons (Fsp3) is 0.385. The Morgan fingerprint density at radius 1 is 1.43 bits per heavy atom. The van der Waals surface area contributed by atoms with Gasteiger partial charge in [0, 0.05) is 37.1 Å². The van der Waals surface area contributed by atoms with E-state index in [1.54, 1.807) is 24.5 Å². The van der Waals surface area contributed by atoms with Crippen LogP contribution >= 0.6 is 12.2 Å². The molecule has 2 aromatic rings. The number of nitrogens with one attached hydrogen (secondary N) is 3. The van der Waals surface area contributed by atoms with E-state index in [2.05, 4.69) is 25.8 Å². The van der Waals surface area contributed by atoms with Gasteiger partial charge in [-0.2, -0.15) is 5.10 Å². The number of carbonyl (C=O) groups excluding carboxylic acids is 1. The van der Waals surface area contributed by atoms with Gasteiger partial charge in [-0.05, 0) is 38.2 Å². The second-order valence-corrected chi connectivity index (χ2v) is 5.16. The molecule has 2 aromatic heterocycles. The topological polar surface area (TPSA) is 87.6 Å². The number of aromatic amines is 1. The number of anilines is 1. The van der Waals surface area contributed by atoms with Crippen LogP contribution in [0.15, 0.2) is 24.5 Å². The summed E-state index contributed by atoms with van der Waals surface area (Å²) in [5, 5.41) is 12.5. The first kappa shape index (κ1) is 15.2. The summed E-state index contributed by atoms with van der Waals surface area (Å²) in [5.41, 5.74) is 0.701. The molecule has 112 valence electrons. The van der Waals surface area contributed by atoms with Crippen molar-refractivity contribution in [3.8, 4) is 0 Å². The summed E-state index contributed by atoms with van der Waals surface area (Å²) in [7, 11) is 0. The standard InChI is InChI=1S/C13H18N6OS/c1-9(2)19-11(17-18-13(19)21)5-8-15-12(20)16-10-3-6-14-7-4-10/h3-4,6-7,9H,5,8H2,1-2H3,(H,18,21)(H2,14,15,16,20). The highest BCUT2D eigenvalue weighted by Crippen LogP contribution is 2.08. The van der Waals surface area contributed by atoms with Gasteiger partial charge in [0.25, 0.3) is 0 Å². The van der Waals surface area contributed by atoms with Gasteiger partial charge < -0.3 is 15.2 Å². The minimum atomic E-state index is -0.258. The molecule has 0 saturated carbocycles. The average molecular weight is 306 g/mol. The zero-order chi connectivity index (χ0) is 15.2. The molecule has 7 nitrogen and oxygen atoms in total. The molecule has 0 aliphatic heterocycles. The molecule has 2 rings (SSSR count). The average Bonchev–Trinajstić information content (AvgIpc) is 2.81. The number of carbonyl (C=O) groups is 1. The predicted octanol–water partition coefficient (Wildman–Crippen LogP) is 2.28. The van der Waals surface area contributed by atoms with Crippen LogP contribution in [0, 0.1) is 4.77 Å². The van der Waals surface area contributed by atoms with Crippen molar-refractivity contribution in [1.82, 2.24) is 25.1 Å². The van der Waals surface area contributed by atoms with Crippen LogP contribution in [0.1, 0.15) is 25.7 Å². The van der Waals surface area contributed by atoms with Crippen LogP contribution in [-0.4, -0.2) is 32.3 Å². The lowest BCUT2D eigenvalue weighted by atomic mass is 10.3. The fourth-order valence-electron chi connectivity index (χ4n) is 1.94. The van der Waals surface area contributed by atoms with Crippen molar-refractivity contribution in [1.29, 1.82) is 0 Å². The zero-order valence-corrected chi connectivity index (χ0v) is 12.8. The van der Waals surface area contributed by atoms with E-state index >= 15 is 0 Å². The lowest BCUT2D eigenvalue weighted by Crippen LogP contribution is -2.31. The molecule has 3 N–H and O–H groups in total. The van der Waals surface area contributed by atoms with E-state index in [0.717, 1.165) is 5.82 Å². The van der Waals surface area contributed by atoms with E-state index in [0.29, 0.717) is 23.4 Å². The molecular weight excluding hydrogens is 288 g/mol. The Labute approximate surface area is 127 Å². The van der Waals surface area contributed by atoms with Gasteiger partial charge in [0.2, 0.25) is 0 Å². The Balaban J connectivity index is 1.85. The van der Waals surface area contributed by atoms with Crippen LogP contribution in [0.25, 0.3) is 0 Å². The summed E-state index contributed by atoms with van der Waals surface area (Å²) in [6.07, 6.45) is 3.85. The lowest BCUT2D eigenvalue weighted by molar-refractivity contribution is 0.252. The Hall–Kier alpha value is -2.22. The first-order chi connectivity index (χ1) is 10.1. The molecule has 0 fully saturated rings. The molecule has 0 spiro atoms. The van der Waals surface area contributed by atoms with Gasteiger partial charge in [0.05, 0.1) is 0 Å². The molecular formula is C13H18N6OS. The minimum absolute atomic E-state index is 0.233. The van der Waals surface area contributed by atoms with Crippen LogP contribution < -0.4 is 10.6 Å². The molecule has 0 radical (unpaired) electrons. The van der Waals surface area contributed by atoms with E-state index in [9.17, 15) is 4.79 Å². The largest absolute Gasteiger partial charge is 0.337 e. The van der Waals surface area contributed by atoms with E-state index in [4.69, 9.17) is 12.2 Å². The van der Waals surface area contributed by atoms with Gasteiger partial charge >= 0.3 is 6.03 Å². The number of urea groups is 1. The van der Waals surface area contributed by atoms with Crippen molar-refractivity contribution >= 4 is 23.9 Å². The van der Waals surface area contributed by atoms with Crippen LogP contribution in [0.2, 0.25) is 0 Å². The molecule has 21 heavy (non-hydrogen) atoms. The van der Waals surface area contributed by atoms with E-state index in [-0.39, 0.29) is 12.1 Å². The summed E-state index contributed by atoms with van der Waals surface area (Å²) >= 11 is 5.18. The number of nitrogens with zero attached hydrogens (tertiary/aromatic N) is 3. The molecule has 0 atom stereocenters. The number of H-pyrrole nitrogens is 1. The highest BCUT2D eigenvalue weighted by atomic mass is 32.1. The number of aromatic nitrogens is 4. The van der Waals surface area contributed by atoms with Gasteiger partial charge in [-0.15, -0.1) is 0 Å².